The minimum atomic E-state index is 0.563. The Morgan fingerprint density at radius 3 is 3.15 bits per heavy atom. The first-order chi connectivity index (χ1) is 6.40. The number of nitrogens with one attached hydrogen (secondary N) is 1. The molecule has 0 fully saturated rings. The zero-order valence-electron chi connectivity index (χ0n) is 7.45. The summed E-state index contributed by atoms with van der Waals surface area (Å²) in [6, 6.07) is 3.81. The molecule has 0 atom stereocenters. The van der Waals surface area contributed by atoms with Crippen LogP contribution in [0.2, 0.25) is 0 Å². The van der Waals surface area contributed by atoms with Gasteiger partial charge in [-0.25, -0.2) is 0 Å². The van der Waals surface area contributed by atoms with Crippen molar-refractivity contribution in [2.24, 2.45) is 0 Å². The summed E-state index contributed by atoms with van der Waals surface area (Å²) in [5.41, 5.74) is 0.870. The number of hydrogen-bond acceptors (Lipinski definition) is 3. The lowest BCUT2D eigenvalue weighted by atomic mass is 10.3. The van der Waals surface area contributed by atoms with Crippen molar-refractivity contribution in [2.45, 2.75) is 19.8 Å². The van der Waals surface area contributed by atoms with Crippen LogP contribution < -0.4 is 0 Å². The smallest absolute Gasteiger partial charge is 0.274 e. The van der Waals surface area contributed by atoms with Gasteiger partial charge in [0.05, 0.1) is 0 Å². The van der Waals surface area contributed by atoms with Crippen LogP contribution in [0.15, 0.2) is 22.9 Å². The van der Waals surface area contributed by atoms with Crippen LogP contribution >= 0.6 is 0 Å². The molecule has 0 saturated carbocycles. The summed E-state index contributed by atoms with van der Waals surface area (Å²) in [7, 11) is 0. The normalized spacial score (nSPS) is 10.5. The summed E-state index contributed by atoms with van der Waals surface area (Å²) in [5, 5.41) is 3.86. The molecule has 2 aromatic rings. The second-order valence-corrected chi connectivity index (χ2v) is 2.85. The van der Waals surface area contributed by atoms with E-state index in [0.717, 1.165) is 24.4 Å². The molecule has 4 heteroatoms. The molecule has 2 aromatic heterocycles. The van der Waals surface area contributed by atoms with Crippen LogP contribution in [0.25, 0.3) is 11.6 Å². The predicted octanol–water partition coefficient (Wildman–Crippen LogP) is 2.02. The number of H-pyrrole nitrogens is 1. The second kappa shape index (κ2) is 3.43. The van der Waals surface area contributed by atoms with E-state index in [1.54, 1.807) is 0 Å². The van der Waals surface area contributed by atoms with Gasteiger partial charge in [0.1, 0.15) is 5.69 Å². The van der Waals surface area contributed by atoms with Gasteiger partial charge in [-0.15, -0.1) is 0 Å². The van der Waals surface area contributed by atoms with Crippen LogP contribution in [-0.4, -0.2) is 15.1 Å². The Balaban J connectivity index is 2.23. The summed E-state index contributed by atoms with van der Waals surface area (Å²) >= 11 is 0. The summed E-state index contributed by atoms with van der Waals surface area (Å²) in [5.74, 6) is 1.33. The zero-order valence-corrected chi connectivity index (χ0v) is 7.45. The molecule has 1 N–H and O–H groups in total. The van der Waals surface area contributed by atoms with Crippen LogP contribution in [0.3, 0.4) is 0 Å². The van der Waals surface area contributed by atoms with Gasteiger partial charge in [-0.3, -0.25) is 0 Å². The van der Waals surface area contributed by atoms with E-state index < -0.39 is 0 Å². The molecule has 0 spiro atoms. The van der Waals surface area contributed by atoms with E-state index in [4.69, 9.17) is 4.52 Å². The van der Waals surface area contributed by atoms with Crippen molar-refractivity contribution in [1.29, 1.82) is 0 Å². The first kappa shape index (κ1) is 8.04. The molecule has 0 aliphatic heterocycles. The Labute approximate surface area is 76.0 Å². The average molecular weight is 177 g/mol. The van der Waals surface area contributed by atoms with Gasteiger partial charge < -0.3 is 9.51 Å². The Morgan fingerprint density at radius 2 is 2.46 bits per heavy atom. The van der Waals surface area contributed by atoms with Crippen molar-refractivity contribution < 1.29 is 4.52 Å². The van der Waals surface area contributed by atoms with Gasteiger partial charge in [0, 0.05) is 12.6 Å². The first-order valence-electron chi connectivity index (χ1n) is 4.36. The van der Waals surface area contributed by atoms with Crippen molar-refractivity contribution in [1.82, 2.24) is 15.1 Å². The third-order valence-corrected chi connectivity index (χ3v) is 1.77. The number of aryl methyl sites for hydroxylation is 1. The maximum absolute atomic E-state index is 5.07. The molecule has 4 nitrogen and oxygen atoms in total. The van der Waals surface area contributed by atoms with Crippen molar-refractivity contribution in [2.75, 3.05) is 0 Å². The number of nitrogens with zero attached hydrogens (tertiary/aromatic N) is 2. The first-order valence-corrected chi connectivity index (χ1v) is 4.36. The van der Waals surface area contributed by atoms with Gasteiger partial charge in [-0.2, -0.15) is 4.98 Å². The molecule has 0 amide bonds. The molecule has 0 aliphatic carbocycles. The van der Waals surface area contributed by atoms with Gasteiger partial charge in [0.25, 0.3) is 5.89 Å². The topological polar surface area (TPSA) is 54.7 Å². The maximum atomic E-state index is 5.07. The van der Waals surface area contributed by atoms with Crippen LogP contribution in [0.1, 0.15) is 19.2 Å². The van der Waals surface area contributed by atoms with Gasteiger partial charge >= 0.3 is 0 Å². The predicted molar refractivity (Wildman–Crippen MR) is 48.1 cm³/mol. The number of rotatable bonds is 3. The van der Waals surface area contributed by atoms with Crippen molar-refractivity contribution in [3.63, 3.8) is 0 Å². The fraction of sp³-hybridized carbons (Fsp3) is 0.333. The molecule has 0 aliphatic rings. The van der Waals surface area contributed by atoms with Gasteiger partial charge in [0.15, 0.2) is 5.82 Å². The molecule has 0 unspecified atom stereocenters. The number of hydrogen-bond donors (Lipinski definition) is 1. The van der Waals surface area contributed by atoms with Crippen LogP contribution in [0, 0.1) is 0 Å². The fourth-order valence-corrected chi connectivity index (χ4v) is 1.15. The molecule has 0 aromatic carbocycles. The average Bonchev–Trinajstić information content (AvgIpc) is 2.70. The SMILES string of the molecule is CCCc1noc(-c2ccc[nH]2)n1. The maximum Gasteiger partial charge on any atom is 0.274 e. The highest BCUT2D eigenvalue weighted by Crippen LogP contribution is 2.14. The van der Waals surface area contributed by atoms with E-state index in [9.17, 15) is 0 Å². The van der Waals surface area contributed by atoms with E-state index in [0.29, 0.717) is 5.89 Å². The lowest BCUT2D eigenvalue weighted by Gasteiger charge is -1.84. The molecule has 2 heterocycles. The monoisotopic (exact) mass is 177 g/mol. The number of aromatic amines is 1. The van der Waals surface area contributed by atoms with Crippen molar-refractivity contribution in [3.05, 3.63) is 24.2 Å². The van der Waals surface area contributed by atoms with Crippen LogP contribution in [-0.2, 0) is 6.42 Å². The third-order valence-electron chi connectivity index (χ3n) is 1.77. The fourth-order valence-electron chi connectivity index (χ4n) is 1.15. The molecule has 68 valence electrons. The lowest BCUT2D eigenvalue weighted by Crippen LogP contribution is -1.85. The Hall–Kier alpha value is -1.58. The molecule has 0 bridgehead atoms. The minimum Gasteiger partial charge on any atom is -0.357 e. The summed E-state index contributed by atoms with van der Waals surface area (Å²) in [6.45, 7) is 2.09. The van der Waals surface area contributed by atoms with Crippen molar-refractivity contribution >= 4 is 0 Å². The van der Waals surface area contributed by atoms with Gasteiger partial charge in [-0.1, -0.05) is 12.1 Å². The summed E-state index contributed by atoms with van der Waals surface area (Å²) in [4.78, 5) is 7.25. The van der Waals surface area contributed by atoms with E-state index in [1.807, 2.05) is 18.3 Å². The second-order valence-electron chi connectivity index (χ2n) is 2.85. The Kier molecular flexibility index (Phi) is 2.12. The molecule has 2 rings (SSSR count). The molecule has 0 radical (unpaired) electrons. The van der Waals surface area contributed by atoms with E-state index in [2.05, 4.69) is 22.0 Å². The van der Waals surface area contributed by atoms with Crippen LogP contribution in [0.5, 0.6) is 0 Å². The highest BCUT2D eigenvalue weighted by molar-refractivity contribution is 5.45. The zero-order chi connectivity index (χ0) is 9.10. The summed E-state index contributed by atoms with van der Waals surface area (Å²) < 4.78 is 5.07. The van der Waals surface area contributed by atoms with E-state index in [-0.39, 0.29) is 0 Å². The van der Waals surface area contributed by atoms with Gasteiger partial charge in [0.2, 0.25) is 0 Å². The van der Waals surface area contributed by atoms with Gasteiger partial charge in [-0.05, 0) is 18.6 Å². The molecular formula is C9H11N3O. The third kappa shape index (κ3) is 1.61. The Morgan fingerprint density at radius 1 is 1.54 bits per heavy atom. The molecule has 13 heavy (non-hydrogen) atoms. The van der Waals surface area contributed by atoms with Crippen LogP contribution in [0.4, 0.5) is 0 Å². The lowest BCUT2D eigenvalue weighted by molar-refractivity contribution is 0.421. The van der Waals surface area contributed by atoms with E-state index >= 15 is 0 Å². The van der Waals surface area contributed by atoms with Crippen molar-refractivity contribution in [3.8, 4) is 11.6 Å². The van der Waals surface area contributed by atoms with E-state index in [1.165, 1.54) is 0 Å². The highest BCUT2D eigenvalue weighted by Gasteiger charge is 2.07. The summed E-state index contributed by atoms with van der Waals surface area (Å²) in [6.07, 6.45) is 3.73. The largest absolute Gasteiger partial charge is 0.357 e. The highest BCUT2D eigenvalue weighted by atomic mass is 16.5. The minimum absolute atomic E-state index is 0.563. The molecule has 0 saturated heterocycles. The quantitative estimate of drug-likeness (QED) is 0.780. The Bertz CT molecular complexity index is 364. The standard InChI is InChI=1S/C9H11N3O/c1-2-4-8-11-9(13-12-8)7-5-3-6-10-7/h3,5-6,10H,2,4H2,1H3. The number of aromatic nitrogens is 3. The molecular weight excluding hydrogens is 166 g/mol.